The normalized spacial score (nSPS) is 12.0. The Labute approximate surface area is 117 Å². The van der Waals surface area contributed by atoms with Gasteiger partial charge in [0.1, 0.15) is 5.82 Å². The first-order valence-electron chi connectivity index (χ1n) is 7.18. The van der Waals surface area contributed by atoms with Crippen LogP contribution >= 0.6 is 0 Å². The number of rotatable bonds is 5. The molecule has 1 N–H and O–H groups in total. The van der Waals surface area contributed by atoms with Crippen LogP contribution in [-0.4, -0.2) is 22.7 Å². The highest BCUT2D eigenvalue weighted by atomic mass is 16.3. The number of aliphatic hydroxyl groups is 1. The molecule has 0 aromatic carbocycles. The molecule has 1 aromatic rings. The number of hydrogen-bond donors (Lipinski definition) is 1. The Bertz CT molecular complexity index is 408. The molecule has 0 aliphatic heterocycles. The Morgan fingerprint density at radius 2 is 1.89 bits per heavy atom. The molecule has 0 unspecified atom stereocenters. The maximum atomic E-state index is 9.46. The van der Waals surface area contributed by atoms with E-state index in [0.29, 0.717) is 6.04 Å². The minimum Gasteiger partial charge on any atom is -0.392 e. The quantitative estimate of drug-likeness (QED) is 0.884. The second-order valence-corrected chi connectivity index (χ2v) is 6.41. The van der Waals surface area contributed by atoms with Crippen LogP contribution in [0.5, 0.6) is 0 Å². The summed E-state index contributed by atoms with van der Waals surface area (Å²) in [4.78, 5) is 7.11. The van der Waals surface area contributed by atoms with Gasteiger partial charge in [-0.1, -0.05) is 27.7 Å². The van der Waals surface area contributed by atoms with Gasteiger partial charge in [-0.3, -0.25) is 0 Å². The fourth-order valence-corrected chi connectivity index (χ4v) is 2.07. The zero-order valence-electron chi connectivity index (χ0n) is 13.2. The number of pyridine rings is 1. The van der Waals surface area contributed by atoms with Crippen molar-refractivity contribution in [2.75, 3.05) is 11.4 Å². The highest BCUT2D eigenvalue weighted by molar-refractivity contribution is 5.44. The van der Waals surface area contributed by atoms with Crippen molar-refractivity contribution >= 4 is 5.82 Å². The highest BCUT2D eigenvalue weighted by Gasteiger charge is 2.19. The summed E-state index contributed by atoms with van der Waals surface area (Å²) in [5.41, 5.74) is 1.97. The van der Waals surface area contributed by atoms with Crippen LogP contribution in [0.25, 0.3) is 0 Å². The van der Waals surface area contributed by atoms with Gasteiger partial charge in [-0.05, 0) is 38.0 Å². The molecule has 0 fully saturated rings. The van der Waals surface area contributed by atoms with Gasteiger partial charge in [0, 0.05) is 23.7 Å². The van der Waals surface area contributed by atoms with Crippen molar-refractivity contribution in [2.45, 2.75) is 66.0 Å². The summed E-state index contributed by atoms with van der Waals surface area (Å²) < 4.78 is 0. The van der Waals surface area contributed by atoms with Gasteiger partial charge < -0.3 is 10.0 Å². The lowest BCUT2D eigenvalue weighted by Crippen LogP contribution is -2.33. The zero-order valence-corrected chi connectivity index (χ0v) is 13.2. The summed E-state index contributed by atoms with van der Waals surface area (Å²) in [6.45, 7) is 14.1. The van der Waals surface area contributed by atoms with Crippen molar-refractivity contribution in [2.24, 2.45) is 0 Å². The molecule has 0 aliphatic rings. The van der Waals surface area contributed by atoms with Gasteiger partial charge in [-0.15, -0.1) is 0 Å². The first-order valence-corrected chi connectivity index (χ1v) is 7.18. The van der Waals surface area contributed by atoms with E-state index in [4.69, 9.17) is 4.98 Å². The summed E-state index contributed by atoms with van der Waals surface area (Å²) in [7, 11) is 0. The summed E-state index contributed by atoms with van der Waals surface area (Å²) in [5.74, 6) is 0.980. The second kappa shape index (κ2) is 6.38. The van der Waals surface area contributed by atoms with Gasteiger partial charge in [-0.25, -0.2) is 4.98 Å². The number of aromatic nitrogens is 1. The van der Waals surface area contributed by atoms with Gasteiger partial charge in [0.15, 0.2) is 0 Å². The molecule has 0 amide bonds. The van der Waals surface area contributed by atoms with E-state index in [0.717, 1.165) is 30.0 Å². The molecule has 1 aromatic heterocycles. The summed E-state index contributed by atoms with van der Waals surface area (Å²) in [6, 6.07) is 4.42. The molecule has 1 rings (SSSR count). The van der Waals surface area contributed by atoms with Crippen molar-refractivity contribution in [1.29, 1.82) is 0 Å². The monoisotopic (exact) mass is 264 g/mol. The predicted octanol–water partition coefficient (Wildman–Crippen LogP) is 3.50. The third-order valence-corrected chi connectivity index (χ3v) is 3.20. The molecular formula is C16H28N2O. The van der Waals surface area contributed by atoms with Gasteiger partial charge in [-0.2, -0.15) is 0 Å². The minimum absolute atomic E-state index is 0.00516. The van der Waals surface area contributed by atoms with Crippen LogP contribution in [0.2, 0.25) is 0 Å². The van der Waals surface area contributed by atoms with Crippen LogP contribution in [0.1, 0.15) is 59.2 Å². The fourth-order valence-electron chi connectivity index (χ4n) is 2.07. The largest absolute Gasteiger partial charge is 0.392 e. The third-order valence-electron chi connectivity index (χ3n) is 3.20. The maximum absolute atomic E-state index is 9.46. The Hall–Kier alpha value is -1.09. The molecule has 1 heterocycles. The third kappa shape index (κ3) is 4.20. The van der Waals surface area contributed by atoms with Crippen LogP contribution in [0.3, 0.4) is 0 Å². The molecule has 3 heteroatoms. The predicted molar refractivity (Wildman–Crippen MR) is 81.6 cm³/mol. The van der Waals surface area contributed by atoms with Gasteiger partial charge in [0.25, 0.3) is 0 Å². The average Bonchev–Trinajstić information content (AvgIpc) is 2.33. The molecule has 0 bridgehead atoms. The van der Waals surface area contributed by atoms with Crippen LogP contribution in [0.4, 0.5) is 5.82 Å². The minimum atomic E-state index is -0.00516. The molecule has 0 spiro atoms. The number of hydrogen-bond acceptors (Lipinski definition) is 3. The number of aliphatic hydroxyl groups excluding tert-OH is 1. The van der Waals surface area contributed by atoms with E-state index in [1.807, 2.05) is 12.1 Å². The van der Waals surface area contributed by atoms with Crippen LogP contribution in [0, 0.1) is 0 Å². The standard InChI is InChI=1S/C16H28N2O/c1-7-8-18(12(2)3)15-10-13(11-19)9-14(17-15)16(4,5)6/h9-10,12,19H,7-8,11H2,1-6H3. The van der Waals surface area contributed by atoms with E-state index in [-0.39, 0.29) is 12.0 Å². The molecule has 19 heavy (non-hydrogen) atoms. The van der Waals surface area contributed by atoms with Crippen LogP contribution < -0.4 is 4.90 Å². The molecule has 0 atom stereocenters. The fraction of sp³-hybridized carbons (Fsp3) is 0.688. The van der Waals surface area contributed by atoms with E-state index in [2.05, 4.69) is 46.4 Å². The van der Waals surface area contributed by atoms with E-state index in [1.165, 1.54) is 0 Å². The maximum Gasteiger partial charge on any atom is 0.129 e. The SMILES string of the molecule is CCCN(c1cc(CO)cc(C(C)(C)C)n1)C(C)C. The van der Waals surface area contributed by atoms with Crippen molar-refractivity contribution in [1.82, 2.24) is 4.98 Å². The van der Waals surface area contributed by atoms with Crippen LogP contribution in [0.15, 0.2) is 12.1 Å². The Kier molecular flexibility index (Phi) is 5.36. The van der Waals surface area contributed by atoms with E-state index in [9.17, 15) is 5.11 Å². The first-order chi connectivity index (χ1) is 8.79. The summed E-state index contributed by atoms with van der Waals surface area (Å²) in [6.07, 6.45) is 1.09. The smallest absolute Gasteiger partial charge is 0.129 e. The average molecular weight is 264 g/mol. The van der Waals surface area contributed by atoms with E-state index in [1.54, 1.807) is 0 Å². The lowest BCUT2D eigenvalue weighted by molar-refractivity contribution is 0.281. The zero-order chi connectivity index (χ0) is 14.6. The summed E-state index contributed by atoms with van der Waals surface area (Å²) >= 11 is 0. The lowest BCUT2D eigenvalue weighted by atomic mass is 9.90. The molecule has 108 valence electrons. The molecule has 0 aliphatic carbocycles. The second-order valence-electron chi connectivity index (χ2n) is 6.41. The first kappa shape index (κ1) is 16.0. The van der Waals surface area contributed by atoms with Crippen molar-refractivity contribution in [3.63, 3.8) is 0 Å². The Morgan fingerprint density at radius 1 is 1.26 bits per heavy atom. The Balaban J connectivity index is 3.25. The topological polar surface area (TPSA) is 36.4 Å². The lowest BCUT2D eigenvalue weighted by Gasteiger charge is -2.30. The molecule has 0 radical (unpaired) electrons. The molecular weight excluding hydrogens is 236 g/mol. The number of nitrogens with zero attached hydrogens (tertiary/aromatic N) is 2. The van der Waals surface area contributed by atoms with Gasteiger partial charge in [0.2, 0.25) is 0 Å². The molecule has 0 saturated heterocycles. The van der Waals surface area contributed by atoms with Crippen LogP contribution in [-0.2, 0) is 12.0 Å². The number of anilines is 1. The highest BCUT2D eigenvalue weighted by Crippen LogP contribution is 2.26. The Morgan fingerprint density at radius 3 is 2.32 bits per heavy atom. The molecule has 3 nitrogen and oxygen atoms in total. The van der Waals surface area contributed by atoms with Gasteiger partial charge >= 0.3 is 0 Å². The molecule has 0 saturated carbocycles. The van der Waals surface area contributed by atoms with E-state index < -0.39 is 0 Å². The summed E-state index contributed by atoms with van der Waals surface area (Å²) in [5, 5.41) is 9.46. The van der Waals surface area contributed by atoms with Crippen molar-refractivity contribution in [3.05, 3.63) is 23.4 Å². The van der Waals surface area contributed by atoms with Crippen molar-refractivity contribution < 1.29 is 5.11 Å². The van der Waals surface area contributed by atoms with Gasteiger partial charge in [0.05, 0.1) is 6.61 Å². The van der Waals surface area contributed by atoms with E-state index >= 15 is 0 Å². The van der Waals surface area contributed by atoms with Crippen molar-refractivity contribution in [3.8, 4) is 0 Å².